The van der Waals surface area contributed by atoms with Crippen molar-refractivity contribution in [3.8, 4) is 11.3 Å². The summed E-state index contributed by atoms with van der Waals surface area (Å²) in [6.07, 6.45) is 5.09. The molecule has 0 aliphatic carbocycles. The quantitative estimate of drug-likeness (QED) is 0.615. The molecule has 0 aliphatic rings. The lowest BCUT2D eigenvalue weighted by atomic mass is 10.1. The van der Waals surface area contributed by atoms with Crippen molar-refractivity contribution in [2.75, 3.05) is 0 Å². The molecular weight excluding hydrogens is 198 g/mol. The summed E-state index contributed by atoms with van der Waals surface area (Å²) in [4.78, 5) is 12.4. The smallest absolute Gasteiger partial charge is 0.116 e. The predicted molar refractivity (Wildman–Crippen MR) is 62.8 cm³/mol. The molecule has 0 aliphatic heterocycles. The normalized spacial score (nSPS) is 10.5. The van der Waals surface area contributed by atoms with Crippen molar-refractivity contribution in [3.05, 3.63) is 55.1 Å². The monoisotopic (exact) mass is 207 g/mol. The maximum Gasteiger partial charge on any atom is 0.116 e. The van der Waals surface area contributed by atoms with Crippen LogP contribution in [-0.2, 0) is 0 Å². The Balaban J connectivity index is 2.19. The van der Waals surface area contributed by atoms with Gasteiger partial charge >= 0.3 is 0 Å². The zero-order valence-corrected chi connectivity index (χ0v) is 8.54. The highest BCUT2D eigenvalue weighted by atomic mass is 14.8. The number of nitrogens with zero attached hydrogens (tertiary/aromatic N) is 3. The van der Waals surface area contributed by atoms with E-state index in [0.717, 1.165) is 22.2 Å². The lowest BCUT2D eigenvalue weighted by Gasteiger charge is -2.01. The number of hydrogen-bond acceptors (Lipinski definition) is 3. The van der Waals surface area contributed by atoms with Gasteiger partial charge in [0.25, 0.3) is 0 Å². The van der Waals surface area contributed by atoms with Crippen molar-refractivity contribution >= 4 is 10.9 Å². The molecule has 3 nitrogen and oxygen atoms in total. The average Bonchev–Trinajstić information content (AvgIpc) is 2.39. The zero-order chi connectivity index (χ0) is 10.8. The number of rotatable bonds is 1. The fourth-order valence-corrected chi connectivity index (χ4v) is 1.69. The molecule has 0 spiro atoms. The van der Waals surface area contributed by atoms with E-state index in [1.54, 1.807) is 18.7 Å². The Morgan fingerprint density at radius 2 is 1.88 bits per heavy atom. The Kier molecular flexibility index (Phi) is 2.07. The van der Waals surface area contributed by atoms with Crippen LogP contribution in [0, 0.1) is 0 Å². The highest BCUT2D eigenvalue weighted by Crippen LogP contribution is 2.20. The molecule has 0 radical (unpaired) electrons. The van der Waals surface area contributed by atoms with E-state index >= 15 is 0 Å². The van der Waals surface area contributed by atoms with Crippen molar-refractivity contribution in [2.24, 2.45) is 0 Å². The molecule has 0 fully saturated rings. The van der Waals surface area contributed by atoms with Crippen LogP contribution in [0.5, 0.6) is 0 Å². The molecule has 1 aromatic carbocycles. The second kappa shape index (κ2) is 3.70. The first-order chi connectivity index (χ1) is 7.93. The molecule has 76 valence electrons. The van der Waals surface area contributed by atoms with Crippen molar-refractivity contribution in [2.45, 2.75) is 0 Å². The first-order valence-electron chi connectivity index (χ1n) is 5.05. The van der Waals surface area contributed by atoms with Gasteiger partial charge in [-0.25, -0.2) is 9.97 Å². The summed E-state index contributed by atoms with van der Waals surface area (Å²) in [5, 5.41) is 1.14. The van der Waals surface area contributed by atoms with Crippen LogP contribution in [0.1, 0.15) is 0 Å². The minimum atomic E-state index is 0.919. The van der Waals surface area contributed by atoms with Gasteiger partial charge in [0.15, 0.2) is 0 Å². The predicted octanol–water partition coefficient (Wildman–Crippen LogP) is 2.69. The van der Waals surface area contributed by atoms with Gasteiger partial charge in [0.05, 0.1) is 11.2 Å². The summed E-state index contributed by atoms with van der Waals surface area (Å²) in [6, 6.07) is 12.0. The Hall–Kier alpha value is -2.29. The van der Waals surface area contributed by atoms with Crippen molar-refractivity contribution in [1.29, 1.82) is 0 Å². The molecule has 0 saturated heterocycles. The SMILES string of the molecule is c1cnc2cc(-c3ccncn3)ccc2c1. The molecule has 0 bridgehead atoms. The number of fused-ring (bicyclic) bond motifs is 1. The van der Waals surface area contributed by atoms with Crippen molar-refractivity contribution in [1.82, 2.24) is 15.0 Å². The van der Waals surface area contributed by atoms with Gasteiger partial charge in [-0.1, -0.05) is 18.2 Å². The minimum absolute atomic E-state index is 0.919. The summed E-state index contributed by atoms with van der Waals surface area (Å²) in [5.74, 6) is 0. The second-order valence-electron chi connectivity index (χ2n) is 3.51. The molecular formula is C13H9N3. The van der Waals surface area contributed by atoms with Crippen LogP contribution in [0.15, 0.2) is 55.1 Å². The van der Waals surface area contributed by atoms with Crippen molar-refractivity contribution < 1.29 is 0 Å². The van der Waals surface area contributed by atoms with Gasteiger partial charge in [-0.2, -0.15) is 0 Å². The fourth-order valence-electron chi connectivity index (χ4n) is 1.69. The Labute approximate surface area is 92.8 Å². The third-order valence-electron chi connectivity index (χ3n) is 2.48. The van der Waals surface area contributed by atoms with E-state index in [2.05, 4.69) is 21.0 Å². The molecule has 0 atom stereocenters. The molecule has 3 aromatic rings. The largest absolute Gasteiger partial charge is 0.256 e. The summed E-state index contributed by atoms with van der Waals surface area (Å²) in [6.45, 7) is 0. The topological polar surface area (TPSA) is 38.7 Å². The van der Waals surface area contributed by atoms with Crippen LogP contribution in [0.25, 0.3) is 22.2 Å². The van der Waals surface area contributed by atoms with Crippen LogP contribution < -0.4 is 0 Å². The van der Waals surface area contributed by atoms with Crippen LogP contribution in [0.4, 0.5) is 0 Å². The number of hydrogen-bond donors (Lipinski definition) is 0. The van der Waals surface area contributed by atoms with Crippen molar-refractivity contribution in [3.63, 3.8) is 0 Å². The van der Waals surface area contributed by atoms with Gasteiger partial charge in [-0.3, -0.25) is 4.98 Å². The first kappa shape index (κ1) is 8.97. The molecule has 0 unspecified atom stereocenters. The third-order valence-corrected chi connectivity index (χ3v) is 2.48. The summed E-state index contributed by atoms with van der Waals surface area (Å²) in [7, 11) is 0. The highest BCUT2D eigenvalue weighted by Gasteiger charge is 2.00. The van der Waals surface area contributed by atoms with Gasteiger partial charge in [0, 0.05) is 23.3 Å². The van der Waals surface area contributed by atoms with E-state index in [1.807, 2.05) is 30.3 Å². The Morgan fingerprint density at radius 1 is 0.875 bits per heavy atom. The second-order valence-corrected chi connectivity index (χ2v) is 3.51. The van der Waals surface area contributed by atoms with Crippen LogP contribution >= 0.6 is 0 Å². The number of benzene rings is 1. The van der Waals surface area contributed by atoms with Crippen LogP contribution in [0.3, 0.4) is 0 Å². The summed E-state index contributed by atoms with van der Waals surface area (Å²) < 4.78 is 0. The van der Waals surface area contributed by atoms with Gasteiger partial charge < -0.3 is 0 Å². The average molecular weight is 207 g/mol. The molecule has 0 amide bonds. The van der Waals surface area contributed by atoms with Gasteiger partial charge in [0.1, 0.15) is 6.33 Å². The van der Waals surface area contributed by atoms with E-state index in [0.29, 0.717) is 0 Å². The molecule has 0 saturated carbocycles. The summed E-state index contributed by atoms with van der Waals surface area (Å²) >= 11 is 0. The zero-order valence-electron chi connectivity index (χ0n) is 8.54. The molecule has 16 heavy (non-hydrogen) atoms. The maximum absolute atomic E-state index is 4.32. The lowest BCUT2D eigenvalue weighted by molar-refractivity contribution is 1.17. The van der Waals surface area contributed by atoms with E-state index in [-0.39, 0.29) is 0 Å². The van der Waals surface area contributed by atoms with Gasteiger partial charge in [-0.15, -0.1) is 0 Å². The van der Waals surface area contributed by atoms with Crippen LogP contribution in [-0.4, -0.2) is 15.0 Å². The Bertz CT molecular complexity index is 620. The maximum atomic E-state index is 4.32. The number of aromatic nitrogens is 3. The number of pyridine rings is 1. The molecule has 3 rings (SSSR count). The third kappa shape index (κ3) is 1.52. The van der Waals surface area contributed by atoms with E-state index in [4.69, 9.17) is 0 Å². The molecule has 2 aromatic heterocycles. The first-order valence-corrected chi connectivity index (χ1v) is 5.05. The summed E-state index contributed by atoms with van der Waals surface area (Å²) in [5.41, 5.74) is 2.97. The standard InChI is InChI=1S/C13H9N3/c1-2-10-3-4-11(8-13(10)15-6-1)12-5-7-14-9-16-12/h1-9H. The Morgan fingerprint density at radius 3 is 2.75 bits per heavy atom. The van der Waals surface area contributed by atoms with Gasteiger partial charge in [-0.05, 0) is 18.2 Å². The van der Waals surface area contributed by atoms with Gasteiger partial charge in [0.2, 0.25) is 0 Å². The molecule has 3 heteroatoms. The lowest BCUT2D eigenvalue weighted by Crippen LogP contribution is -1.85. The molecule has 0 N–H and O–H groups in total. The van der Waals surface area contributed by atoms with E-state index in [9.17, 15) is 0 Å². The van der Waals surface area contributed by atoms with E-state index in [1.165, 1.54) is 0 Å². The highest BCUT2D eigenvalue weighted by molar-refractivity contribution is 5.83. The molecule has 2 heterocycles. The fraction of sp³-hybridized carbons (Fsp3) is 0. The minimum Gasteiger partial charge on any atom is -0.256 e. The van der Waals surface area contributed by atoms with E-state index < -0.39 is 0 Å². The van der Waals surface area contributed by atoms with Crippen LogP contribution in [0.2, 0.25) is 0 Å².